The van der Waals surface area contributed by atoms with Crippen LogP contribution in [0.4, 0.5) is 0 Å². The second-order valence-electron chi connectivity index (χ2n) is 11.3. The van der Waals surface area contributed by atoms with Crippen molar-refractivity contribution in [1.82, 2.24) is 15.1 Å². The van der Waals surface area contributed by atoms with Crippen LogP contribution in [0, 0.1) is 5.41 Å². The first-order chi connectivity index (χ1) is 20.0. The number of piperidine rings is 1. The molecule has 0 aliphatic carbocycles. The van der Waals surface area contributed by atoms with Gasteiger partial charge in [-0.2, -0.15) is 0 Å². The van der Waals surface area contributed by atoms with E-state index in [1.165, 1.54) is 0 Å². The number of ether oxygens (including phenoxy) is 2. The third-order valence-corrected chi connectivity index (χ3v) is 8.74. The number of benzene rings is 3. The predicted octanol–water partition coefficient (Wildman–Crippen LogP) is 5.43. The van der Waals surface area contributed by atoms with E-state index in [0.29, 0.717) is 18.9 Å². The Kier molecular flexibility index (Phi) is 10.9. The third-order valence-electron chi connectivity index (χ3n) is 8.74. The quantitative estimate of drug-likeness (QED) is 0.322. The summed E-state index contributed by atoms with van der Waals surface area (Å²) in [5.41, 5.74) is 2.98. The Hall–Kier alpha value is -3.55. The van der Waals surface area contributed by atoms with Gasteiger partial charge in [-0.1, -0.05) is 54.6 Å². The number of amides is 2. The van der Waals surface area contributed by atoms with Crippen molar-refractivity contribution in [2.75, 3.05) is 40.4 Å². The first-order valence-corrected chi connectivity index (χ1v) is 14.6. The minimum absolute atomic E-state index is 0. The number of carbonyl (C=O) groups excluding carboxylic acids is 2. The van der Waals surface area contributed by atoms with Crippen molar-refractivity contribution in [3.8, 4) is 11.5 Å². The highest BCUT2D eigenvalue weighted by Crippen LogP contribution is 2.42. The monoisotopic (exact) mass is 591 g/mol. The summed E-state index contributed by atoms with van der Waals surface area (Å²) in [5, 5.41) is 3.28. The molecule has 2 aliphatic rings. The number of methoxy groups -OCH3 is 2. The molecule has 3 aromatic carbocycles. The molecule has 1 N–H and O–H groups in total. The van der Waals surface area contributed by atoms with Gasteiger partial charge in [0, 0.05) is 19.6 Å². The van der Waals surface area contributed by atoms with Crippen LogP contribution >= 0.6 is 12.4 Å². The fraction of sp³-hybridized carbons (Fsp3) is 0.412. The molecule has 42 heavy (non-hydrogen) atoms. The normalized spacial score (nSPS) is 17.0. The molecular weight excluding hydrogens is 550 g/mol. The van der Waals surface area contributed by atoms with E-state index in [2.05, 4.69) is 22.3 Å². The largest absolute Gasteiger partial charge is 0.497 e. The van der Waals surface area contributed by atoms with Gasteiger partial charge in [-0.05, 0) is 79.7 Å². The summed E-state index contributed by atoms with van der Waals surface area (Å²) >= 11 is 0. The maximum atomic E-state index is 13.5. The van der Waals surface area contributed by atoms with Crippen LogP contribution in [0.15, 0.2) is 78.9 Å². The molecule has 2 aliphatic heterocycles. The minimum atomic E-state index is -0.228. The molecule has 0 radical (unpaired) electrons. The van der Waals surface area contributed by atoms with Crippen molar-refractivity contribution < 1.29 is 19.1 Å². The molecule has 0 bridgehead atoms. The molecule has 7 nitrogen and oxygen atoms in total. The second kappa shape index (κ2) is 14.6. The van der Waals surface area contributed by atoms with Crippen LogP contribution in [0.2, 0.25) is 0 Å². The van der Waals surface area contributed by atoms with Crippen molar-refractivity contribution in [2.24, 2.45) is 5.41 Å². The average Bonchev–Trinajstić information content (AvgIpc) is 3.31. The van der Waals surface area contributed by atoms with Gasteiger partial charge < -0.3 is 24.6 Å². The fourth-order valence-electron chi connectivity index (χ4n) is 6.16. The maximum Gasteiger partial charge on any atom is 0.229 e. The first-order valence-electron chi connectivity index (χ1n) is 14.6. The van der Waals surface area contributed by atoms with Gasteiger partial charge in [-0.3, -0.25) is 9.59 Å². The SMILES string of the molecule is COc1ccc(CC(=O)NC(CCN2CCC3(CC2)CCN(Cc2ccc(OC)cc2)C3=O)c2ccccc2)cc1.Cl. The molecule has 2 saturated heterocycles. The molecule has 1 unspecified atom stereocenters. The molecule has 5 rings (SSSR count). The lowest BCUT2D eigenvalue weighted by Crippen LogP contribution is -2.45. The zero-order chi connectivity index (χ0) is 28.7. The lowest BCUT2D eigenvalue weighted by molar-refractivity contribution is -0.139. The van der Waals surface area contributed by atoms with Crippen LogP contribution in [-0.2, 0) is 22.6 Å². The van der Waals surface area contributed by atoms with E-state index in [1.54, 1.807) is 14.2 Å². The van der Waals surface area contributed by atoms with E-state index in [9.17, 15) is 9.59 Å². The van der Waals surface area contributed by atoms with Crippen molar-refractivity contribution in [3.05, 3.63) is 95.6 Å². The van der Waals surface area contributed by atoms with Crippen molar-refractivity contribution in [2.45, 2.75) is 44.7 Å². The topological polar surface area (TPSA) is 71.1 Å². The Morgan fingerprint density at radius 3 is 2.00 bits per heavy atom. The highest BCUT2D eigenvalue weighted by Gasteiger charge is 2.47. The molecule has 2 fully saturated rings. The smallest absolute Gasteiger partial charge is 0.229 e. The number of hydrogen-bond donors (Lipinski definition) is 1. The number of halogens is 1. The van der Waals surface area contributed by atoms with Gasteiger partial charge in [-0.25, -0.2) is 0 Å². The highest BCUT2D eigenvalue weighted by atomic mass is 35.5. The Morgan fingerprint density at radius 1 is 0.833 bits per heavy atom. The van der Waals surface area contributed by atoms with Gasteiger partial charge in [-0.15, -0.1) is 12.4 Å². The number of carbonyl (C=O) groups is 2. The molecule has 2 amide bonds. The summed E-state index contributed by atoms with van der Waals surface area (Å²) in [6, 6.07) is 25.8. The molecule has 3 aromatic rings. The summed E-state index contributed by atoms with van der Waals surface area (Å²) in [6.45, 7) is 4.17. The van der Waals surface area contributed by atoms with Gasteiger partial charge in [0.25, 0.3) is 0 Å². The van der Waals surface area contributed by atoms with Crippen LogP contribution in [0.1, 0.15) is 48.4 Å². The van der Waals surface area contributed by atoms with Gasteiger partial charge in [0.2, 0.25) is 11.8 Å². The molecule has 1 spiro atoms. The Morgan fingerprint density at radius 2 is 1.40 bits per heavy atom. The number of nitrogens with one attached hydrogen (secondary N) is 1. The van der Waals surface area contributed by atoms with Crippen molar-refractivity contribution in [3.63, 3.8) is 0 Å². The zero-order valence-electron chi connectivity index (χ0n) is 24.6. The van der Waals surface area contributed by atoms with Crippen LogP contribution in [0.5, 0.6) is 11.5 Å². The lowest BCUT2D eigenvalue weighted by atomic mass is 9.77. The Balaban J connectivity index is 0.00000405. The Bertz CT molecular complexity index is 1290. The van der Waals surface area contributed by atoms with Crippen LogP contribution in [-0.4, -0.2) is 62.0 Å². The number of hydrogen-bond acceptors (Lipinski definition) is 5. The Labute approximate surface area is 255 Å². The predicted molar refractivity (Wildman–Crippen MR) is 167 cm³/mol. The summed E-state index contributed by atoms with van der Waals surface area (Å²) in [5.74, 6) is 1.93. The number of rotatable bonds is 11. The van der Waals surface area contributed by atoms with E-state index in [1.807, 2.05) is 71.6 Å². The zero-order valence-corrected chi connectivity index (χ0v) is 25.4. The molecule has 0 saturated carbocycles. The van der Waals surface area contributed by atoms with Crippen molar-refractivity contribution >= 4 is 24.2 Å². The van der Waals surface area contributed by atoms with E-state index in [0.717, 1.165) is 80.1 Å². The van der Waals surface area contributed by atoms with E-state index in [-0.39, 0.29) is 29.8 Å². The molecular formula is C34H42ClN3O4. The summed E-state index contributed by atoms with van der Waals surface area (Å²) in [7, 11) is 3.30. The van der Waals surface area contributed by atoms with Crippen LogP contribution in [0.3, 0.4) is 0 Å². The standard InChI is InChI=1S/C34H41N3O4.ClH/c1-40-29-12-8-26(9-13-29)24-32(38)35-31(28-6-4-3-5-7-28)16-20-36-21-17-34(18-22-36)19-23-37(33(34)39)25-27-10-14-30(41-2)15-11-27;/h3-15,31H,16-25H2,1-2H3,(H,35,38);1H. The minimum Gasteiger partial charge on any atom is -0.497 e. The highest BCUT2D eigenvalue weighted by molar-refractivity contribution is 5.85. The van der Waals surface area contributed by atoms with E-state index < -0.39 is 0 Å². The molecule has 1 atom stereocenters. The maximum absolute atomic E-state index is 13.5. The lowest BCUT2D eigenvalue weighted by Gasteiger charge is -2.38. The number of nitrogens with zero attached hydrogens (tertiary/aromatic N) is 2. The summed E-state index contributed by atoms with van der Waals surface area (Å²) in [4.78, 5) is 31.0. The summed E-state index contributed by atoms with van der Waals surface area (Å²) < 4.78 is 10.5. The number of likely N-dealkylation sites (tertiary alicyclic amines) is 2. The third kappa shape index (κ3) is 7.64. The molecule has 0 aromatic heterocycles. The average molecular weight is 592 g/mol. The van der Waals surface area contributed by atoms with E-state index >= 15 is 0 Å². The van der Waals surface area contributed by atoms with Crippen LogP contribution in [0.25, 0.3) is 0 Å². The van der Waals surface area contributed by atoms with E-state index in [4.69, 9.17) is 9.47 Å². The molecule has 8 heteroatoms. The summed E-state index contributed by atoms with van der Waals surface area (Å²) in [6.07, 6.45) is 3.87. The van der Waals surface area contributed by atoms with Crippen LogP contribution < -0.4 is 14.8 Å². The molecule has 224 valence electrons. The fourth-order valence-corrected chi connectivity index (χ4v) is 6.16. The van der Waals surface area contributed by atoms with Gasteiger partial charge in [0.05, 0.1) is 32.1 Å². The second-order valence-corrected chi connectivity index (χ2v) is 11.3. The van der Waals surface area contributed by atoms with Gasteiger partial charge in [0.1, 0.15) is 11.5 Å². The van der Waals surface area contributed by atoms with Gasteiger partial charge in [0.15, 0.2) is 0 Å². The van der Waals surface area contributed by atoms with Crippen molar-refractivity contribution in [1.29, 1.82) is 0 Å². The molecule has 2 heterocycles. The first kappa shape index (κ1) is 31.4. The van der Waals surface area contributed by atoms with Gasteiger partial charge >= 0.3 is 0 Å².